The molecule has 0 aliphatic carbocycles. The van der Waals surface area contributed by atoms with Crippen LogP contribution >= 0.6 is 15.9 Å². The highest BCUT2D eigenvalue weighted by atomic mass is 79.9. The molecule has 1 amide bonds. The van der Waals surface area contributed by atoms with Gasteiger partial charge in [-0.2, -0.15) is 0 Å². The molecule has 0 atom stereocenters. The van der Waals surface area contributed by atoms with Gasteiger partial charge in [0.25, 0.3) is 5.91 Å². The molecule has 0 aliphatic rings. The van der Waals surface area contributed by atoms with E-state index in [9.17, 15) is 4.79 Å². The van der Waals surface area contributed by atoms with Crippen LogP contribution in [0.3, 0.4) is 0 Å². The Bertz CT molecular complexity index is 577. The molecule has 0 saturated carbocycles. The summed E-state index contributed by atoms with van der Waals surface area (Å²) in [5.41, 5.74) is 2.81. The Hall–Kier alpha value is -1.59. The second-order valence-corrected chi connectivity index (χ2v) is 4.68. The maximum Gasteiger partial charge on any atom is 0.258 e. The fraction of sp³-hybridized carbons (Fsp3) is 0.154. The number of furan rings is 1. The minimum absolute atomic E-state index is 0.0551. The smallest absolute Gasteiger partial charge is 0.258 e. The van der Waals surface area contributed by atoms with E-state index in [4.69, 9.17) is 9.52 Å². The van der Waals surface area contributed by atoms with Gasteiger partial charge in [0.1, 0.15) is 6.26 Å². The van der Waals surface area contributed by atoms with E-state index in [0.717, 1.165) is 11.1 Å². The quantitative estimate of drug-likeness (QED) is 0.915. The van der Waals surface area contributed by atoms with Gasteiger partial charge in [-0.1, -0.05) is 12.1 Å². The Kier molecular flexibility index (Phi) is 3.84. The van der Waals surface area contributed by atoms with Crippen LogP contribution in [0.4, 0.5) is 5.69 Å². The lowest BCUT2D eigenvalue weighted by molar-refractivity contribution is 0.102. The first-order valence-corrected chi connectivity index (χ1v) is 6.15. The Morgan fingerprint density at radius 1 is 1.44 bits per heavy atom. The summed E-state index contributed by atoms with van der Waals surface area (Å²) in [6, 6.07) is 7.02. The molecule has 5 heteroatoms. The number of aliphatic hydroxyl groups excluding tert-OH is 1. The topological polar surface area (TPSA) is 62.5 Å². The predicted octanol–water partition coefficient (Wildman–Crippen LogP) is 3.10. The van der Waals surface area contributed by atoms with Gasteiger partial charge < -0.3 is 14.8 Å². The zero-order valence-electron chi connectivity index (χ0n) is 9.74. The van der Waals surface area contributed by atoms with Gasteiger partial charge in [0.05, 0.1) is 12.2 Å². The second-order valence-electron chi connectivity index (χ2n) is 3.90. The van der Waals surface area contributed by atoms with Crippen molar-refractivity contribution in [3.8, 4) is 0 Å². The van der Waals surface area contributed by atoms with Crippen LogP contribution in [0, 0.1) is 6.92 Å². The fourth-order valence-electron chi connectivity index (χ4n) is 1.53. The van der Waals surface area contributed by atoms with E-state index in [1.807, 2.05) is 19.1 Å². The van der Waals surface area contributed by atoms with Gasteiger partial charge in [-0.15, -0.1) is 0 Å². The first-order chi connectivity index (χ1) is 8.60. The lowest BCUT2D eigenvalue weighted by atomic mass is 10.1. The molecule has 4 nitrogen and oxygen atoms in total. The Morgan fingerprint density at radius 2 is 2.22 bits per heavy atom. The number of halogens is 1. The molecule has 1 aromatic carbocycles. The molecule has 18 heavy (non-hydrogen) atoms. The van der Waals surface area contributed by atoms with Crippen LogP contribution in [0.5, 0.6) is 0 Å². The van der Waals surface area contributed by atoms with Crippen molar-refractivity contribution in [3.63, 3.8) is 0 Å². The van der Waals surface area contributed by atoms with Crippen molar-refractivity contribution in [2.45, 2.75) is 13.5 Å². The van der Waals surface area contributed by atoms with Crippen LogP contribution in [0.15, 0.2) is 39.6 Å². The molecule has 2 rings (SSSR count). The van der Waals surface area contributed by atoms with Crippen molar-refractivity contribution in [2.75, 3.05) is 5.32 Å². The van der Waals surface area contributed by atoms with E-state index in [1.165, 1.54) is 6.26 Å². The highest BCUT2D eigenvalue weighted by Crippen LogP contribution is 2.19. The number of benzene rings is 1. The number of aryl methyl sites for hydroxylation is 1. The van der Waals surface area contributed by atoms with Crippen LogP contribution in [-0.2, 0) is 6.61 Å². The molecule has 0 radical (unpaired) electrons. The predicted molar refractivity (Wildman–Crippen MR) is 71.5 cm³/mol. The van der Waals surface area contributed by atoms with E-state index in [0.29, 0.717) is 15.9 Å². The van der Waals surface area contributed by atoms with Crippen LogP contribution in [0.1, 0.15) is 21.5 Å². The van der Waals surface area contributed by atoms with Gasteiger partial charge in [-0.25, -0.2) is 0 Å². The molecule has 0 spiro atoms. The summed E-state index contributed by atoms with van der Waals surface area (Å²) in [5.74, 6) is -0.248. The van der Waals surface area contributed by atoms with Gasteiger partial charge in [0, 0.05) is 11.8 Å². The molecule has 0 bridgehead atoms. The summed E-state index contributed by atoms with van der Waals surface area (Å²) in [4.78, 5) is 11.9. The molecule has 1 heterocycles. The van der Waals surface area contributed by atoms with Gasteiger partial charge in [-0.05, 0) is 40.0 Å². The molecule has 94 valence electrons. The largest absolute Gasteiger partial charge is 0.457 e. The third-order valence-electron chi connectivity index (χ3n) is 2.56. The van der Waals surface area contributed by atoms with Gasteiger partial charge in [-0.3, -0.25) is 4.79 Å². The van der Waals surface area contributed by atoms with Gasteiger partial charge >= 0.3 is 0 Å². The number of carbonyl (C=O) groups excluding carboxylic acids is 1. The number of nitrogens with one attached hydrogen (secondary N) is 1. The van der Waals surface area contributed by atoms with Crippen LogP contribution < -0.4 is 5.32 Å². The van der Waals surface area contributed by atoms with Crippen molar-refractivity contribution in [1.82, 2.24) is 0 Å². The maximum atomic E-state index is 11.9. The van der Waals surface area contributed by atoms with Gasteiger partial charge in [0.15, 0.2) is 4.67 Å². The monoisotopic (exact) mass is 309 g/mol. The third-order valence-corrected chi connectivity index (χ3v) is 2.98. The number of anilines is 1. The molecule has 0 aliphatic heterocycles. The van der Waals surface area contributed by atoms with Crippen molar-refractivity contribution in [2.24, 2.45) is 0 Å². The highest BCUT2D eigenvalue weighted by molar-refractivity contribution is 9.10. The van der Waals surface area contributed by atoms with E-state index in [2.05, 4.69) is 21.2 Å². The summed E-state index contributed by atoms with van der Waals surface area (Å²) in [6.45, 7) is 1.84. The lowest BCUT2D eigenvalue weighted by Crippen LogP contribution is -2.12. The first-order valence-electron chi connectivity index (χ1n) is 5.36. The molecule has 0 unspecified atom stereocenters. The molecule has 0 fully saturated rings. The Balaban J connectivity index is 2.21. The third kappa shape index (κ3) is 2.80. The Morgan fingerprint density at radius 3 is 2.83 bits per heavy atom. The van der Waals surface area contributed by atoms with E-state index < -0.39 is 0 Å². The van der Waals surface area contributed by atoms with Crippen LogP contribution in [0.2, 0.25) is 0 Å². The molecule has 1 aromatic heterocycles. The number of rotatable bonds is 3. The molecule has 2 aromatic rings. The van der Waals surface area contributed by atoms with E-state index in [-0.39, 0.29) is 12.5 Å². The Labute approximate surface area is 113 Å². The van der Waals surface area contributed by atoms with Crippen LogP contribution in [0.25, 0.3) is 0 Å². The average Bonchev–Trinajstić information content (AvgIpc) is 2.79. The zero-order chi connectivity index (χ0) is 13.1. The van der Waals surface area contributed by atoms with Crippen LogP contribution in [-0.4, -0.2) is 11.0 Å². The number of hydrogen-bond acceptors (Lipinski definition) is 3. The zero-order valence-corrected chi connectivity index (χ0v) is 11.3. The van der Waals surface area contributed by atoms with E-state index in [1.54, 1.807) is 12.1 Å². The minimum atomic E-state index is -0.248. The van der Waals surface area contributed by atoms with Crippen molar-refractivity contribution in [1.29, 1.82) is 0 Å². The SMILES string of the molecule is Cc1ccc(CO)cc1NC(=O)c1coc(Br)c1. The first kappa shape index (κ1) is 12.9. The van der Waals surface area contributed by atoms with Gasteiger partial charge in [0.2, 0.25) is 0 Å². The highest BCUT2D eigenvalue weighted by Gasteiger charge is 2.11. The standard InChI is InChI=1S/C13H12BrNO3/c1-8-2-3-9(6-16)4-11(8)15-13(17)10-5-12(14)18-7-10/h2-5,7,16H,6H2,1H3,(H,15,17). The summed E-state index contributed by atoms with van der Waals surface area (Å²) >= 11 is 3.14. The number of hydrogen-bond donors (Lipinski definition) is 2. The van der Waals surface area contributed by atoms with Crippen molar-refractivity contribution < 1.29 is 14.3 Å². The summed E-state index contributed by atoms with van der Waals surface area (Å²) < 4.78 is 5.52. The summed E-state index contributed by atoms with van der Waals surface area (Å²) in [7, 11) is 0. The maximum absolute atomic E-state index is 11.9. The normalized spacial score (nSPS) is 10.4. The summed E-state index contributed by atoms with van der Waals surface area (Å²) in [6.07, 6.45) is 1.38. The number of amides is 1. The lowest BCUT2D eigenvalue weighted by Gasteiger charge is -2.08. The number of aliphatic hydroxyl groups is 1. The van der Waals surface area contributed by atoms with E-state index >= 15 is 0 Å². The second kappa shape index (κ2) is 5.37. The molecular weight excluding hydrogens is 298 g/mol. The minimum Gasteiger partial charge on any atom is -0.457 e. The summed E-state index contributed by atoms with van der Waals surface area (Å²) in [5, 5.41) is 11.9. The van der Waals surface area contributed by atoms with Crippen molar-refractivity contribution >= 4 is 27.5 Å². The fourth-order valence-corrected chi connectivity index (χ4v) is 1.87. The molecule has 2 N–H and O–H groups in total. The molecule has 0 saturated heterocycles. The number of carbonyl (C=O) groups is 1. The van der Waals surface area contributed by atoms with Crippen molar-refractivity contribution in [3.05, 3.63) is 51.9 Å². The average molecular weight is 310 g/mol. The molecular formula is C13H12BrNO3.